The zero-order valence-electron chi connectivity index (χ0n) is 16.0. The Morgan fingerprint density at radius 3 is 2.36 bits per heavy atom. The molecular weight excluding hydrogens is 398 g/mol. The molecule has 1 amide bonds. The molecule has 0 bridgehead atoms. The topological polar surface area (TPSA) is 63.7 Å². The Morgan fingerprint density at radius 1 is 1.14 bits per heavy atom. The van der Waals surface area contributed by atoms with Crippen LogP contribution in [0.5, 0.6) is 5.75 Å². The number of ether oxygens (including phenoxy) is 1. The number of amides is 1. The van der Waals surface area contributed by atoms with Gasteiger partial charge in [-0.1, -0.05) is 41.9 Å². The van der Waals surface area contributed by atoms with Gasteiger partial charge in [0.2, 0.25) is 0 Å². The van der Waals surface area contributed by atoms with Crippen molar-refractivity contribution < 1.29 is 17.9 Å². The molecule has 2 aromatic rings. The van der Waals surface area contributed by atoms with Gasteiger partial charge in [-0.2, -0.15) is 0 Å². The van der Waals surface area contributed by atoms with E-state index < -0.39 is 9.84 Å². The number of halogens is 1. The normalized spacial score (nSPS) is 18.0. The highest BCUT2D eigenvalue weighted by atomic mass is 35.5. The summed E-state index contributed by atoms with van der Waals surface area (Å²) in [5.74, 6) is 0.580. The molecule has 2 aromatic carbocycles. The van der Waals surface area contributed by atoms with Crippen molar-refractivity contribution in [1.29, 1.82) is 0 Å². The third kappa shape index (κ3) is 5.06. The Kier molecular flexibility index (Phi) is 6.30. The molecule has 0 radical (unpaired) electrons. The fourth-order valence-corrected chi connectivity index (χ4v) is 5.33. The molecular formula is C21H24ClNO4S. The molecule has 0 spiro atoms. The van der Waals surface area contributed by atoms with E-state index >= 15 is 0 Å². The lowest BCUT2D eigenvalue weighted by Crippen LogP contribution is -2.43. The highest BCUT2D eigenvalue weighted by Gasteiger charge is 2.34. The Balaban J connectivity index is 1.77. The molecule has 1 atom stereocenters. The number of sulfone groups is 1. The maximum absolute atomic E-state index is 13.0. The number of carbonyl (C=O) groups excluding carboxylic acids is 1. The summed E-state index contributed by atoms with van der Waals surface area (Å²) in [5.41, 5.74) is 2.81. The maximum Gasteiger partial charge on any atom is 0.261 e. The fraction of sp³-hybridized carbons (Fsp3) is 0.381. The first-order valence-corrected chi connectivity index (χ1v) is 11.4. The minimum atomic E-state index is -3.11. The number of nitrogens with zero attached hydrogens (tertiary/aromatic N) is 1. The van der Waals surface area contributed by atoms with Crippen molar-refractivity contribution in [3.8, 4) is 5.75 Å². The van der Waals surface area contributed by atoms with Crippen molar-refractivity contribution >= 4 is 27.3 Å². The van der Waals surface area contributed by atoms with E-state index in [0.717, 1.165) is 16.7 Å². The van der Waals surface area contributed by atoms with Crippen LogP contribution < -0.4 is 4.74 Å². The average Bonchev–Trinajstić information content (AvgIpc) is 3.00. The molecule has 0 unspecified atom stereocenters. The summed E-state index contributed by atoms with van der Waals surface area (Å²) in [6.07, 6.45) is 0.449. The molecule has 0 saturated carbocycles. The van der Waals surface area contributed by atoms with E-state index in [2.05, 4.69) is 0 Å². The molecule has 1 aliphatic rings. The average molecular weight is 422 g/mol. The SMILES string of the molecule is Cc1cccc(C)c1OCC(=O)N(Cc1ccc(Cl)cc1)[C@H]1CCS(=O)(=O)C1. The van der Waals surface area contributed by atoms with Gasteiger partial charge in [0.1, 0.15) is 5.75 Å². The number of para-hydroxylation sites is 1. The summed E-state index contributed by atoms with van der Waals surface area (Å²) in [6.45, 7) is 4.06. The highest BCUT2D eigenvalue weighted by molar-refractivity contribution is 7.91. The molecule has 0 N–H and O–H groups in total. The first-order chi connectivity index (χ1) is 13.2. The second-order valence-corrected chi connectivity index (χ2v) is 9.88. The third-order valence-corrected chi connectivity index (χ3v) is 6.99. The Bertz CT molecular complexity index is 937. The Morgan fingerprint density at radius 2 is 1.79 bits per heavy atom. The van der Waals surface area contributed by atoms with Crippen LogP contribution in [0.2, 0.25) is 5.02 Å². The van der Waals surface area contributed by atoms with Crippen molar-refractivity contribution in [2.75, 3.05) is 18.1 Å². The highest BCUT2D eigenvalue weighted by Crippen LogP contribution is 2.24. The van der Waals surface area contributed by atoms with Crippen LogP contribution in [0.25, 0.3) is 0 Å². The lowest BCUT2D eigenvalue weighted by molar-refractivity contribution is -0.136. The monoisotopic (exact) mass is 421 g/mol. The van der Waals surface area contributed by atoms with Crippen molar-refractivity contribution in [1.82, 2.24) is 4.90 Å². The molecule has 7 heteroatoms. The summed E-state index contributed by atoms with van der Waals surface area (Å²) >= 11 is 5.94. The van der Waals surface area contributed by atoms with Crippen molar-refractivity contribution in [2.45, 2.75) is 32.9 Å². The first kappa shape index (κ1) is 20.7. The predicted octanol–water partition coefficient (Wildman–Crippen LogP) is 3.55. The molecule has 5 nitrogen and oxygen atoms in total. The molecule has 3 rings (SSSR count). The summed E-state index contributed by atoms with van der Waals surface area (Å²) < 4.78 is 29.7. The van der Waals surface area contributed by atoms with E-state index in [1.54, 1.807) is 17.0 Å². The summed E-state index contributed by atoms with van der Waals surface area (Å²) in [4.78, 5) is 14.6. The molecule has 1 heterocycles. The maximum atomic E-state index is 13.0. The second-order valence-electron chi connectivity index (χ2n) is 7.21. The van der Waals surface area contributed by atoms with Gasteiger partial charge in [0.05, 0.1) is 11.5 Å². The quantitative estimate of drug-likeness (QED) is 0.715. The van der Waals surface area contributed by atoms with Crippen LogP contribution in [0.3, 0.4) is 0 Å². The molecule has 0 aliphatic carbocycles. The Hall–Kier alpha value is -2.05. The van der Waals surface area contributed by atoms with Crippen molar-refractivity contribution in [3.63, 3.8) is 0 Å². The van der Waals surface area contributed by atoms with Crippen LogP contribution in [0.1, 0.15) is 23.1 Å². The second kappa shape index (κ2) is 8.53. The largest absolute Gasteiger partial charge is 0.483 e. The molecule has 150 valence electrons. The molecule has 28 heavy (non-hydrogen) atoms. The molecule has 1 aliphatic heterocycles. The van der Waals surface area contributed by atoms with Gasteiger partial charge in [-0.05, 0) is 49.1 Å². The zero-order chi connectivity index (χ0) is 20.3. The minimum Gasteiger partial charge on any atom is -0.483 e. The van der Waals surface area contributed by atoms with Crippen LogP contribution in [-0.2, 0) is 21.2 Å². The lowest BCUT2D eigenvalue weighted by Gasteiger charge is -2.28. The van der Waals surface area contributed by atoms with E-state index in [1.165, 1.54) is 0 Å². The first-order valence-electron chi connectivity index (χ1n) is 9.18. The number of aryl methyl sites for hydroxylation is 2. The van der Waals surface area contributed by atoms with E-state index in [-0.39, 0.29) is 30.1 Å². The molecule has 1 saturated heterocycles. The summed E-state index contributed by atoms with van der Waals surface area (Å²) in [5, 5.41) is 0.614. The van der Waals surface area contributed by atoms with E-state index in [0.29, 0.717) is 23.7 Å². The molecule has 1 fully saturated rings. The van der Waals surface area contributed by atoms with Crippen LogP contribution in [0.4, 0.5) is 0 Å². The van der Waals surface area contributed by atoms with Gasteiger partial charge in [-0.3, -0.25) is 4.79 Å². The summed E-state index contributed by atoms with van der Waals surface area (Å²) in [6, 6.07) is 12.7. The number of carbonyl (C=O) groups is 1. The van der Waals surface area contributed by atoms with Crippen molar-refractivity contribution in [2.24, 2.45) is 0 Å². The number of hydrogen-bond acceptors (Lipinski definition) is 4. The van der Waals surface area contributed by atoms with E-state index in [1.807, 2.05) is 44.2 Å². The summed E-state index contributed by atoms with van der Waals surface area (Å²) in [7, 11) is -3.11. The van der Waals surface area contributed by atoms with Gasteiger partial charge in [0.25, 0.3) is 5.91 Å². The lowest BCUT2D eigenvalue weighted by atomic mass is 10.1. The van der Waals surface area contributed by atoms with Crippen LogP contribution in [0, 0.1) is 13.8 Å². The van der Waals surface area contributed by atoms with Crippen LogP contribution >= 0.6 is 11.6 Å². The zero-order valence-corrected chi connectivity index (χ0v) is 17.6. The van der Waals surface area contributed by atoms with Crippen LogP contribution in [-0.4, -0.2) is 43.4 Å². The third-order valence-electron chi connectivity index (χ3n) is 4.98. The van der Waals surface area contributed by atoms with Gasteiger partial charge in [0, 0.05) is 17.6 Å². The predicted molar refractivity (Wildman–Crippen MR) is 110 cm³/mol. The van der Waals surface area contributed by atoms with Gasteiger partial charge >= 0.3 is 0 Å². The molecule has 0 aromatic heterocycles. The van der Waals surface area contributed by atoms with Gasteiger partial charge in [0.15, 0.2) is 16.4 Å². The Labute approximate surface area is 171 Å². The van der Waals surface area contributed by atoms with E-state index in [4.69, 9.17) is 16.3 Å². The van der Waals surface area contributed by atoms with Gasteiger partial charge < -0.3 is 9.64 Å². The van der Waals surface area contributed by atoms with Crippen molar-refractivity contribution in [3.05, 3.63) is 64.2 Å². The number of benzene rings is 2. The number of hydrogen-bond donors (Lipinski definition) is 0. The number of rotatable bonds is 6. The fourth-order valence-electron chi connectivity index (χ4n) is 3.47. The van der Waals surface area contributed by atoms with E-state index in [9.17, 15) is 13.2 Å². The van der Waals surface area contributed by atoms with Crippen LogP contribution in [0.15, 0.2) is 42.5 Å². The van der Waals surface area contributed by atoms with Gasteiger partial charge in [-0.15, -0.1) is 0 Å². The minimum absolute atomic E-state index is 0.00424. The van der Waals surface area contributed by atoms with Gasteiger partial charge in [-0.25, -0.2) is 8.42 Å². The standard InChI is InChI=1S/C21H24ClNO4S/c1-15-4-3-5-16(2)21(15)27-13-20(24)23(19-10-11-28(25,26)14-19)12-17-6-8-18(22)9-7-17/h3-9,19H,10-14H2,1-2H3/t19-/m0/s1. The smallest absolute Gasteiger partial charge is 0.261 e.